The van der Waals surface area contributed by atoms with E-state index in [1.165, 1.54) is 12.1 Å². The van der Waals surface area contributed by atoms with Gasteiger partial charge in [-0.15, -0.1) is 0 Å². The van der Waals surface area contributed by atoms with E-state index in [1.54, 1.807) is 31.4 Å². The molecule has 5 rings (SSSR count). The van der Waals surface area contributed by atoms with Crippen molar-refractivity contribution in [3.8, 4) is 11.5 Å². The number of anilines is 2. The number of aliphatic carboxylic acids is 1. The molecule has 7 nitrogen and oxygen atoms in total. The second-order valence-corrected chi connectivity index (χ2v) is 10.7. The predicted molar refractivity (Wildman–Crippen MR) is 152 cm³/mol. The lowest BCUT2D eigenvalue weighted by Gasteiger charge is -2.34. The number of piperidine rings is 1. The molecule has 1 unspecified atom stereocenters. The largest absolute Gasteiger partial charge is 0.497 e. The first kappa shape index (κ1) is 27.5. The molecule has 1 saturated carbocycles. The molecule has 0 bridgehead atoms. The van der Waals surface area contributed by atoms with Crippen LogP contribution in [0.4, 0.5) is 15.8 Å². The van der Waals surface area contributed by atoms with Gasteiger partial charge < -0.3 is 24.8 Å². The van der Waals surface area contributed by atoms with E-state index in [0.29, 0.717) is 29.8 Å². The molecule has 8 heteroatoms. The highest BCUT2D eigenvalue weighted by atomic mass is 19.1. The lowest BCUT2D eigenvalue weighted by atomic mass is 9.91. The van der Waals surface area contributed by atoms with Crippen LogP contribution < -0.4 is 19.7 Å². The number of methoxy groups -OCH3 is 1. The Morgan fingerprint density at radius 1 is 1.00 bits per heavy atom. The van der Waals surface area contributed by atoms with Gasteiger partial charge in [-0.2, -0.15) is 0 Å². The normalized spacial score (nSPS) is 16.3. The zero-order valence-corrected chi connectivity index (χ0v) is 22.6. The van der Waals surface area contributed by atoms with Gasteiger partial charge in [-0.05, 0) is 85.4 Å². The van der Waals surface area contributed by atoms with Crippen molar-refractivity contribution in [2.75, 3.05) is 37.0 Å². The van der Waals surface area contributed by atoms with Crippen molar-refractivity contribution in [3.05, 3.63) is 83.7 Å². The summed E-state index contributed by atoms with van der Waals surface area (Å²) < 4.78 is 25.7. The van der Waals surface area contributed by atoms with E-state index in [4.69, 9.17) is 9.47 Å². The fraction of sp³-hybridized carbons (Fsp3) is 0.375. The van der Waals surface area contributed by atoms with Crippen molar-refractivity contribution in [2.24, 2.45) is 11.8 Å². The molecule has 3 aromatic carbocycles. The summed E-state index contributed by atoms with van der Waals surface area (Å²) in [6.07, 6.45) is 4.09. The molecule has 40 heavy (non-hydrogen) atoms. The van der Waals surface area contributed by atoms with Crippen LogP contribution in [-0.4, -0.2) is 43.8 Å². The molecule has 1 atom stereocenters. The molecule has 2 N–H and O–H groups in total. The monoisotopic (exact) mass is 546 g/mol. The number of halogens is 1. The van der Waals surface area contributed by atoms with Crippen LogP contribution in [0.1, 0.15) is 53.9 Å². The number of hydrogen-bond acceptors (Lipinski definition) is 5. The van der Waals surface area contributed by atoms with Crippen molar-refractivity contribution in [3.63, 3.8) is 0 Å². The number of hydrogen-bond donors (Lipinski definition) is 2. The number of carboxylic acid groups (broad SMARTS) is 1. The lowest BCUT2D eigenvalue weighted by Crippen LogP contribution is -2.36. The van der Waals surface area contributed by atoms with Gasteiger partial charge in [-0.25, -0.2) is 4.39 Å². The summed E-state index contributed by atoms with van der Waals surface area (Å²) in [5.41, 5.74) is 2.39. The molecule has 210 valence electrons. The number of rotatable bonds is 11. The lowest BCUT2D eigenvalue weighted by molar-refractivity contribution is -0.137. The molecular weight excluding hydrogens is 511 g/mol. The van der Waals surface area contributed by atoms with Gasteiger partial charge in [0, 0.05) is 19.2 Å². The molecule has 0 spiro atoms. The number of nitrogens with zero attached hydrogens (tertiary/aromatic N) is 1. The third-order valence-corrected chi connectivity index (χ3v) is 7.88. The maximum absolute atomic E-state index is 14.1. The Balaban J connectivity index is 1.21. The first-order valence-corrected chi connectivity index (χ1v) is 13.8. The van der Waals surface area contributed by atoms with Crippen molar-refractivity contribution in [1.29, 1.82) is 0 Å². The third kappa shape index (κ3) is 6.73. The topological polar surface area (TPSA) is 88.1 Å². The number of amides is 1. The Hall–Kier alpha value is -4.07. The predicted octanol–water partition coefficient (Wildman–Crippen LogP) is 6.35. The van der Waals surface area contributed by atoms with E-state index in [0.717, 1.165) is 55.8 Å². The Kier molecular flexibility index (Phi) is 8.53. The summed E-state index contributed by atoms with van der Waals surface area (Å²) in [6, 6.07) is 19.3. The third-order valence-electron chi connectivity index (χ3n) is 7.88. The quantitative estimate of drug-likeness (QED) is 0.291. The molecule has 1 saturated heterocycles. The number of ether oxygens (including phenoxy) is 2. The van der Waals surface area contributed by atoms with Gasteiger partial charge >= 0.3 is 5.97 Å². The number of nitrogens with one attached hydrogen (secondary N) is 1. The second kappa shape index (κ2) is 12.4. The summed E-state index contributed by atoms with van der Waals surface area (Å²) in [6.45, 7) is 2.05. The smallest absolute Gasteiger partial charge is 0.303 e. The summed E-state index contributed by atoms with van der Waals surface area (Å²) in [5, 5.41) is 12.0. The van der Waals surface area contributed by atoms with Gasteiger partial charge in [0.2, 0.25) is 0 Å². The molecule has 1 aliphatic carbocycles. The molecule has 1 heterocycles. The molecule has 2 fully saturated rings. The van der Waals surface area contributed by atoms with E-state index in [1.807, 2.05) is 30.3 Å². The van der Waals surface area contributed by atoms with Crippen LogP contribution in [0, 0.1) is 17.7 Å². The van der Waals surface area contributed by atoms with Crippen molar-refractivity contribution in [2.45, 2.75) is 38.0 Å². The zero-order valence-electron chi connectivity index (χ0n) is 22.6. The number of para-hydroxylation sites is 1. The van der Waals surface area contributed by atoms with Crippen LogP contribution in [0.15, 0.2) is 66.7 Å². The molecule has 2 aliphatic rings. The number of carbonyl (C=O) groups is 2. The molecule has 3 aromatic rings. The van der Waals surface area contributed by atoms with E-state index in [2.05, 4.69) is 10.2 Å². The summed E-state index contributed by atoms with van der Waals surface area (Å²) in [7, 11) is 1.59. The highest BCUT2D eigenvalue weighted by molar-refractivity contribution is 6.08. The minimum atomic E-state index is -0.765. The Labute approximate surface area is 233 Å². The fourth-order valence-corrected chi connectivity index (χ4v) is 5.48. The highest BCUT2D eigenvalue weighted by Crippen LogP contribution is 2.45. The second-order valence-electron chi connectivity index (χ2n) is 10.7. The fourth-order valence-electron chi connectivity index (χ4n) is 5.48. The Bertz CT molecular complexity index is 1350. The molecule has 0 radical (unpaired) electrons. The average Bonchev–Trinajstić information content (AvgIpc) is 3.81. The van der Waals surface area contributed by atoms with Gasteiger partial charge in [0.1, 0.15) is 17.3 Å². The molecular formula is C32H35FN2O5. The van der Waals surface area contributed by atoms with E-state index in [-0.39, 0.29) is 23.9 Å². The van der Waals surface area contributed by atoms with Crippen LogP contribution in [0.2, 0.25) is 0 Å². The van der Waals surface area contributed by atoms with Crippen molar-refractivity contribution >= 4 is 23.3 Å². The summed E-state index contributed by atoms with van der Waals surface area (Å²) in [4.78, 5) is 26.7. The van der Waals surface area contributed by atoms with E-state index in [9.17, 15) is 19.1 Å². The van der Waals surface area contributed by atoms with Crippen LogP contribution >= 0.6 is 0 Å². The summed E-state index contributed by atoms with van der Waals surface area (Å²) >= 11 is 0. The zero-order chi connectivity index (χ0) is 28.1. The number of benzene rings is 3. The minimum Gasteiger partial charge on any atom is -0.497 e. The molecule has 0 aromatic heterocycles. The van der Waals surface area contributed by atoms with Crippen LogP contribution in [0.5, 0.6) is 11.5 Å². The van der Waals surface area contributed by atoms with Crippen molar-refractivity contribution in [1.82, 2.24) is 0 Å². The SMILES string of the molecule is COc1ccc(C(=O)Nc2ccccc2F)c(N2CCC(COc3cccc(C(CC(=O)O)C4CC4)c3)CC2)c1. The Morgan fingerprint density at radius 3 is 2.48 bits per heavy atom. The standard InChI is InChI=1S/C32H35FN2O5/c1-39-24-11-12-26(32(38)34-29-8-3-2-7-28(29)33)30(18-24)35-15-13-21(14-16-35)20-40-25-6-4-5-23(17-25)27(19-31(36)37)22-9-10-22/h2-8,11-12,17-18,21-22,27H,9-10,13-16,19-20H2,1H3,(H,34,38)(H,36,37). The average molecular weight is 547 g/mol. The van der Waals surface area contributed by atoms with Gasteiger partial charge in [0.15, 0.2) is 0 Å². The first-order valence-electron chi connectivity index (χ1n) is 13.8. The van der Waals surface area contributed by atoms with Gasteiger partial charge in [0.05, 0.1) is 37.1 Å². The van der Waals surface area contributed by atoms with Gasteiger partial charge in [0.25, 0.3) is 5.91 Å². The number of carboxylic acids is 1. The minimum absolute atomic E-state index is 0.0388. The Morgan fingerprint density at radius 2 is 1.77 bits per heavy atom. The van der Waals surface area contributed by atoms with Crippen LogP contribution in [0.3, 0.4) is 0 Å². The maximum atomic E-state index is 14.1. The van der Waals surface area contributed by atoms with Gasteiger partial charge in [-0.3, -0.25) is 9.59 Å². The van der Waals surface area contributed by atoms with Crippen LogP contribution in [0.25, 0.3) is 0 Å². The van der Waals surface area contributed by atoms with Gasteiger partial charge in [-0.1, -0.05) is 24.3 Å². The molecule has 1 aliphatic heterocycles. The van der Waals surface area contributed by atoms with E-state index >= 15 is 0 Å². The molecule has 1 amide bonds. The van der Waals surface area contributed by atoms with Crippen molar-refractivity contribution < 1.29 is 28.6 Å². The number of carbonyl (C=O) groups excluding carboxylic acids is 1. The van der Waals surface area contributed by atoms with Crippen LogP contribution in [-0.2, 0) is 4.79 Å². The highest BCUT2D eigenvalue weighted by Gasteiger charge is 2.34. The summed E-state index contributed by atoms with van der Waals surface area (Å²) in [5.74, 6) is 0.634. The van der Waals surface area contributed by atoms with E-state index < -0.39 is 11.8 Å². The maximum Gasteiger partial charge on any atom is 0.303 e. The first-order chi connectivity index (χ1) is 19.4.